The Kier molecular flexibility index (Phi) is 4.24. The fourth-order valence-corrected chi connectivity index (χ4v) is 1.64. The van der Waals surface area contributed by atoms with E-state index in [0.29, 0.717) is 13.2 Å². The minimum atomic E-state index is 0.553. The van der Waals surface area contributed by atoms with Gasteiger partial charge in [0.2, 0.25) is 0 Å². The topological polar surface area (TPSA) is 18.5 Å². The first-order valence-corrected chi connectivity index (χ1v) is 6.13. The van der Waals surface area contributed by atoms with Crippen molar-refractivity contribution in [2.75, 3.05) is 13.2 Å². The molecule has 18 heavy (non-hydrogen) atoms. The lowest BCUT2D eigenvalue weighted by atomic mass is 10.1. The molecule has 2 heteroatoms. The summed E-state index contributed by atoms with van der Waals surface area (Å²) in [4.78, 5) is 0. The number of ether oxygens (including phenoxy) is 2. The van der Waals surface area contributed by atoms with Gasteiger partial charge in [0.15, 0.2) is 0 Å². The summed E-state index contributed by atoms with van der Waals surface area (Å²) < 4.78 is 11.2. The van der Waals surface area contributed by atoms with Crippen molar-refractivity contribution in [3.8, 4) is 11.5 Å². The predicted molar refractivity (Wildman–Crippen MR) is 73.3 cm³/mol. The largest absolute Gasteiger partial charge is 0.490 e. The van der Waals surface area contributed by atoms with Gasteiger partial charge in [0.05, 0.1) is 0 Å². The molecule has 2 aromatic rings. The Morgan fingerprint density at radius 2 is 1.39 bits per heavy atom. The standard InChI is InChI=1S/C16H18O2/c1-13-8-9-16(12-14(13)2)18-11-10-17-15-6-4-3-5-7-15/h3-9,12H,10-11H2,1-2H3. The van der Waals surface area contributed by atoms with E-state index in [2.05, 4.69) is 26.0 Å². The molecule has 0 saturated carbocycles. The van der Waals surface area contributed by atoms with Crippen molar-refractivity contribution < 1.29 is 9.47 Å². The van der Waals surface area contributed by atoms with E-state index in [4.69, 9.17) is 9.47 Å². The van der Waals surface area contributed by atoms with Gasteiger partial charge in [-0.15, -0.1) is 0 Å². The Morgan fingerprint density at radius 3 is 2.06 bits per heavy atom. The van der Waals surface area contributed by atoms with Gasteiger partial charge < -0.3 is 9.47 Å². The van der Waals surface area contributed by atoms with Gasteiger partial charge in [0, 0.05) is 0 Å². The molecule has 0 N–H and O–H groups in total. The first-order chi connectivity index (χ1) is 8.75. The van der Waals surface area contributed by atoms with Gasteiger partial charge in [0.25, 0.3) is 0 Å². The fourth-order valence-electron chi connectivity index (χ4n) is 1.64. The lowest BCUT2D eigenvalue weighted by Crippen LogP contribution is -2.09. The number of benzene rings is 2. The Labute approximate surface area is 108 Å². The van der Waals surface area contributed by atoms with E-state index in [1.807, 2.05) is 36.4 Å². The van der Waals surface area contributed by atoms with Gasteiger partial charge in [-0.05, 0) is 49.2 Å². The van der Waals surface area contributed by atoms with E-state index < -0.39 is 0 Å². The van der Waals surface area contributed by atoms with Crippen LogP contribution in [0.25, 0.3) is 0 Å². The number of rotatable bonds is 5. The second kappa shape index (κ2) is 6.10. The summed E-state index contributed by atoms with van der Waals surface area (Å²) in [6.45, 7) is 5.29. The molecule has 0 atom stereocenters. The molecule has 2 aromatic carbocycles. The third kappa shape index (κ3) is 3.52. The van der Waals surface area contributed by atoms with Gasteiger partial charge in [-0.1, -0.05) is 24.3 Å². The molecular formula is C16H18O2. The lowest BCUT2D eigenvalue weighted by Gasteiger charge is -2.09. The van der Waals surface area contributed by atoms with Crippen LogP contribution in [0.2, 0.25) is 0 Å². The maximum absolute atomic E-state index is 5.64. The van der Waals surface area contributed by atoms with Crippen molar-refractivity contribution in [2.24, 2.45) is 0 Å². The minimum Gasteiger partial charge on any atom is -0.490 e. The molecule has 0 radical (unpaired) electrons. The molecule has 0 aliphatic rings. The number of hydrogen-bond acceptors (Lipinski definition) is 2. The Balaban J connectivity index is 1.77. The highest BCUT2D eigenvalue weighted by atomic mass is 16.5. The molecule has 0 spiro atoms. The molecule has 0 aliphatic carbocycles. The summed E-state index contributed by atoms with van der Waals surface area (Å²) >= 11 is 0. The van der Waals surface area contributed by atoms with Crippen molar-refractivity contribution in [1.82, 2.24) is 0 Å². The van der Waals surface area contributed by atoms with Crippen molar-refractivity contribution in [1.29, 1.82) is 0 Å². The van der Waals surface area contributed by atoms with E-state index >= 15 is 0 Å². The molecule has 0 bridgehead atoms. The van der Waals surface area contributed by atoms with Crippen LogP contribution in [-0.4, -0.2) is 13.2 Å². The predicted octanol–water partition coefficient (Wildman–Crippen LogP) is 3.76. The summed E-state index contributed by atoms with van der Waals surface area (Å²) in [5.41, 5.74) is 2.53. The molecule has 2 nitrogen and oxygen atoms in total. The van der Waals surface area contributed by atoms with Crippen LogP contribution in [-0.2, 0) is 0 Å². The van der Waals surface area contributed by atoms with E-state index in [-0.39, 0.29) is 0 Å². The first-order valence-electron chi connectivity index (χ1n) is 6.13. The van der Waals surface area contributed by atoms with Crippen LogP contribution in [0.4, 0.5) is 0 Å². The lowest BCUT2D eigenvalue weighted by molar-refractivity contribution is 0.217. The smallest absolute Gasteiger partial charge is 0.122 e. The van der Waals surface area contributed by atoms with Crippen LogP contribution >= 0.6 is 0 Å². The van der Waals surface area contributed by atoms with Gasteiger partial charge >= 0.3 is 0 Å². The van der Waals surface area contributed by atoms with Crippen LogP contribution in [0.1, 0.15) is 11.1 Å². The van der Waals surface area contributed by atoms with Crippen molar-refractivity contribution in [3.05, 3.63) is 59.7 Å². The number of aryl methyl sites for hydroxylation is 2. The molecule has 0 fully saturated rings. The first kappa shape index (κ1) is 12.5. The zero-order chi connectivity index (χ0) is 12.8. The fraction of sp³-hybridized carbons (Fsp3) is 0.250. The zero-order valence-electron chi connectivity index (χ0n) is 10.8. The normalized spacial score (nSPS) is 10.1. The van der Waals surface area contributed by atoms with Crippen LogP contribution in [0.5, 0.6) is 11.5 Å². The highest BCUT2D eigenvalue weighted by molar-refractivity contribution is 5.33. The molecule has 94 valence electrons. The summed E-state index contributed by atoms with van der Waals surface area (Å²) in [5.74, 6) is 1.77. The molecule has 0 aliphatic heterocycles. The average molecular weight is 242 g/mol. The number of hydrogen-bond donors (Lipinski definition) is 0. The summed E-state index contributed by atoms with van der Waals surface area (Å²) in [7, 11) is 0. The van der Waals surface area contributed by atoms with E-state index in [0.717, 1.165) is 11.5 Å². The van der Waals surface area contributed by atoms with Crippen LogP contribution in [0.15, 0.2) is 48.5 Å². The second-order valence-corrected chi connectivity index (χ2v) is 4.26. The quantitative estimate of drug-likeness (QED) is 0.743. The molecule has 0 aromatic heterocycles. The zero-order valence-corrected chi connectivity index (χ0v) is 10.8. The minimum absolute atomic E-state index is 0.553. The molecule has 0 heterocycles. The van der Waals surface area contributed by atoms with Crippen molar-refractivity contribution >= 4 is 0 Å². The Bertz CT molecular complexity index is 492. The van der Waals surface area contributed by atoms with Crippen LogP contribution < -0.4 is 9.47 Å². The van der Waals surface area contributed by atoms with E-state index in [1.54, 1.807) is 0 Å². The van der Waals surface area contributed by atoms with Gasteiger partial charge in [-0.25, -0.2) is 0 Å². The van der Waals surface area contributed by atoms with Crippen molar-refractivity contribution in [2.45, 2.75) is 13.8 Å². The summed E-state index contributed by atoms with van der Waals surface area (Å²) in [6.07, 6.45) is 0. The van der Waals surface area contributed by atoms with Gasteiger partial charge in [-0.3, -0.25) is 0 Å². The highest BCUT2D eigenvalue weighted by Gasteiger charge is 1.97. The third-order valence-electron chi connectivity index (χ3n) is 2.84. The monoisotopic (exact) mass is 242 g/mol. The summed E-state index contributed by atoms with van der Waals surface area (Å²) in [5, 5.41) is 0. The van der Waals surface area contributed by atoms with Crippen molar-refractivity contribution in [3.63, 3.8) is 0 Å². The van der Waals surface area contributed by atoms with Crippen LogP contribution in [0, 0.1) is 13.8 Å². The Morgan fingerprint density at radius 1 is 0.722 bits per heavy atom. The molecule has 2 rings (SSSR count). The third-order valence-corrected chi connectivity index (χ3v) is 2.84. The Hall–Kier alpha value is -1.96. The highest BCUT2D eigenvalue weighted by Crippen LogP contribution is 2.16. The second-order valence-electron chi connectivity index (χ2n) is 4.26. The number of para-hydroxylation sites is 1. The maximum Gasteiger partial charge on any atom is 0.122 e. The molecular weight excluding hydrogens is 224 g/mol. The summed E-state index contributed by atoms with van der Waals surface area (Å²) in [6, 6.07) is 15.9. The molecule has 0 saturated heterocycles. The maximum atomic E-state index is 5.64. The average Bonchev–Trinajstić information content (AvgIpc) is 2.40. The molecule has 0 amide bonds. The van der Waals surface area contributed by atoms with Crippen LogP contribution in [0.3, 0.4) is 0 Å². The van der Waals surface area contributed by atoms with Gasteiger partial charge in [-0.2, -0.15) is 0 Å². The van der Waals surface area contributed by atoms with Gasteiger partial charge in [0.1, 0.15) is 24.7 Å². The molecule has 0 unspecified atom stereocenters. The van der Waals surface area contributed by atoms with E-state index in [9.17, 15) is 0 Å². The van der Waals surface area contributed by atoms with E-state index in [1.165, 1.54) is 11.1 Å². The SMILES string of the molecule is Cc1ccc(OCCOc2ccccc2)cc1C.